The van der Waals surface area contributed by atoms with E-state index < -0.39 is 0 Å². The van der Waals surface area contributed by atoms with Crippen LogP contribution in [0.5, 0.6) is 0 Å². The third-order valence-electron chi connectivity index (χ3n) is 2.30. The third-order valence-corrected chi connectivity index (χ3v) is 2.77. The van der Waals surface area contributed by atoms with E-state index in [4.69, 9.17) is 0 Å². The second-order valence-corrected chi connectivity index (χ2v) is 4.44. The zero-order valence-electron chi connectivity index (χ0n) is 9.02. The molecule has 84 valence electrons. The van der Waals surface area contributed by atoms with Gasteiger partial charge in [-0.05, 0) is 28.1 Å². The Bertz CT molecular complexity index is 449. The quantitative estimate of drug-likeness (QED) is 0.930. The molecule has 0 aliphatic rings. The average Bonchev–Trinajstić information content (AvgIpc) is 2.68. The van der Waals surface area contributed by atoms with Crippen LogP contribution in [0.15, 0.2) is 35.2 Å². The molecular formula is C11H13BrN4. The van der Waals surface area contributed by atoms with E-state index in [9.17, 15) is 0 Å². The zero-order chi connectivity index (χ0) is 11.4. The molecule has 0 atom stereocenters. The van der Waals surface area contributed by atoms with Crippen molar-refractivity contribution in [3.05, 3.63) is 46.7 Å². The average molecular weight is 281 g/mol. The van der Waals surface area contributed by atoms with Gasteiger partial charge in [-0.3, -0.25) is 4.98 Å². The molecular weight excluding hydrogens is 268 g/mol. The minimum Gasteiger partial charge on any atom is -0.337 e. The molecule has 5 heteroatoms. The van der Waals surface area contributed by atoms with Gasteiger partial charge >= 0.3 is 0 Å². The van der Waals surface area contributed by atoms with Gasteiger partial charge in [-0.15, -0.1) is 0 Å². The van der Waals surface area contributed by atoms with Crippen LogP contribution < -0.4 is 5.32 Å². The number of nitrogens with zero attached hydrogens (tertiary/aromatic N) is 3. The number of hydrogen-bond acceptors (Lipinski definition) is 3. The number of imidazole rings is 1. The van der Waals surface area contributed by atoms with Gasteiger partial charge in [-0.25, -0.2) is 4.98 Å². The Hall–Kier alpha value is -1.20. The van der Waals surface area contributed by atoms with Crippen molar-refractivity contribution in [1.29, 1.82) is 0 Å². The molecule has 0 bridgehead atoms. The number of hydrogen-bond donors (Lipinski definition) is 1. The lowest BCUT2D eigenvalue weighted by atomic mass is 10.3. The van der Waals surface area contributed by atoms with Gasteiger partial charge in [0.1, 0.15) is 5.82 Å². The Morgan fingerprint density at radius 2 is 2.19 bits per heavy atom. The lowest BCUT2D eigenvalue weighted by molar-refractivity contribution is 0.630. The molecule has 2 aromatic heterocycles. The van der Waals surface area contributed by atoms with Gasteiger partial charge in [0.2, 0.25) is 0 Å². The molecule has 0 amide bonds. The molecule has 2 rings (SSSR count). The maximum absolute atomic E-state index is 4.28. The summed E-state index contributed by atoms with van der Waals surface area (Å²) in [5.41, 5.74) is 1.03. The number of aryl methyl sites for hydroxylation is 1. The second-order valence-electron chi connectivity index (χ2n) is 3.53. The maximum atomic E-state index is 4.28. The summed E-state index contributed by atoms with van der Waals surface area (Å²) < 4.78 is 3.00. The number of nitrogens with one attached hydrogen (secondary N) is 1. The molecule has 0 aliphatic heterocycles. The van der Waals surface area contributed by atoms with E-state index in [1.165, 1.54) is 0 Å². The van der Waals surface area contributed by atoms with Crippen molar-refractivity contribution in [1.82, 2.24) is 19.9 Å². The number of rotatable bonds is 4. The first-order valence-corrected chi connectivity index (χ1v) is 5.82. The number of halogens is 1. The molecule has 0 saturated heterocycles. The van der Waals surface area contributed by atoms with E-state index in [1.54, 1.807) is 12.4 Å². The summed E-state index contributed by atoms with van der Waals surface area (Å²) in [6, 6.07) is 3.99. The molecule has 0 spiro atoms. The molecule has 2 heterocycles. The fourth-order valence-electron chi connectivity index (χ4n) is 1.38. The molecule has 0 fully saturated rings. The van der Waals surface area contributed by atoms with Crippen molar-refractivity contribution in [2.24, 2.45) is 7.05 Å². The number of pyridine rings is 1. The van der Waals surface area contributed by atoms with E-state index >= 15 is 0 Å². The highest BCUT2D eigenvalue weighted by atomic mass is 79.9. The van der Waals surface area contributed by atoms with Crippen LogP contribution in [0, 0.1) is 0 Å². The van der Waals surface area contributed by atoms with Crippen LogP contribution >= 0.6 is 15.9 Å². The first kappa shape index (κ1) is 11.3. The third kappa shape index (κ3) is 2.90. The summed E-state index contributed by atoms with van der Waals surface area (Å²) in [5.74, 6) is 1.03. The maximum Gasteiger partial charge on any atom is 0.122 e. The summed E-state index contributed by atoms with van der Waals surface area (Å²) in [4.78, 5) is 8.52. The predicted octanol–water partition coefficient (Wildman–Crippen LogP) is 1.87. The van der Waals surface area contributed by atoms with Crippen molar-refractivity contribution in [3.8, 4) is 0 Å². The summed E-state index contributed by atoms with van der Waals surface area (Å²) in [7, 11) is 1.99. The van der Waals surface area contributed by atoms with E-state index in [2.05, 4.69) is 31.2 Å². The standard InChI is InChI=1S/C11H13BrN4/c1-16-5-4-14-11(16)8-13-7-10-3-2-9(12)6-15-10/h2-6,13H,7-8H2,1H3. The highest BCUT2D eigenvalue weighted by molar-refractivity contribution is 9.10. The van der Waals surface area contributed by atoms with E-state index in [0.29, 0.717) is 0 Å². The lowest BCUT2D eigenvalue weighted by Crippen LogP contribution is -2.16. The van der Waals surface area contributed by atoms with Gasteiger partial charge in [0.25, 0.3) is 0 Å². The van der Waals surface area contributed by atoms with Gasteiger partial charge < -0.3 is 9.88 Å². The van der Waals surface area contributed by atoms with Gasteiger partial charge in [0, 0.05) is 36.7 Å². The van der Waals surface area contributed by atoms with Crippen LogP contribution in [-0.4, -0.2) is 14.5 Å². The second kappa shape index (κ2) is 5.23. The van der Waals surface area contributed by atoms with Crippen molar-refractivity contribution in [2.75, 3.05) is 0 Å². The summed E-state index contributed by atoms with van der Waals surface area (Å²) in [5, 5.41) is 3.30. The topological polar surface area (TPSA) is 42.7 Å². The Morgan fingerprint density at radius 3 is 2.81 bits per heavy atom. The summed E-state index contributed by atoms with van der Waals surface area (Å²) >= 11 is 3.36. The van der Waals surface area contributed by atoms with Crippen LogP contribution in [0.1, 0.15) is 11.5 Å². The first-order valence-electron chi connectivity index (χ1n) is 5.03. The lowest BCUT2D eigenvalue weighted by Gasteiger charge is -2.04. The van der Waals surface area contributed by atoms with E-state index in [1.807, 2.05) is 29.9 Å². The normalized spacial score (nSPS) is 10.6. The molecule has 2 aromatic rings. The molecule has 0 aliphatic carbocycles. The molecule has 0 aromatic carbocycles. The Morgan fingerprint density at radius 1 is 1.31 bits per heavy atom. The molecule has 4 nitrogen and oxygen atoms in total. The van der Waals surface area contributed by atoms with Crippen LogP contribution in [0.25, 0.3) is 0 Å². The van der Waals surface area contributed by atoms with E-state index in [0.717, 1.165) is 29.1 Å². The fraction of sp³-hybridized carbons (Fsp3) is 0.273. The van der Waals surface area contributed by atoms with Crippen LogP contribution in [0.3, 0.4) is 0 Å². The SMILES string of the molecule is Cn1ccnc1CNCc1ccc(Br)cn1. The molecule has 0 unspecified atom stereocenters. The molecule has 16 heavy (non-hydrogen) atoms. The van der Waals surface area contributed by atoms with Crippen molar-refractivity contribution in [3.63, 3.8) is 0 Å². The predicted molar refractivity (Wildman–Crippen MR) is 65.7 cm³/mol. The number of aromatic nitrogens is 3. The summed E-state index contributed by atoms with van der Waals surface area (Å²) in [6.07, 6.45) is 5.54. The molecule has 0 radical (unpaired) electrons. The van der Waals surface area contributed by atoms with Gasteiger partial charge in [0.05, 0.1) is 12.2 Å². The highest BCUT2D eigenvalue weighted by Gasteiger charge is 1.99. The molecule has 0 saturated carbocycles. The van der Waals surface area contributed by atoms with Crippen molar-refractivity contribution in [2.45, 2.75) is 13.1 Å². The Kier molecular flexibility index (Phi) is 3.69. The zero-order valence-corrected chi connectivity index (χ0v) is 10.6. The van der Waals surface area contributed by atoms with Gasteiger partial charge in [-0.2, -0.15) is 0 Å². The van der Waals surface area contributed by atoms with Crippen LogP contribution in [-0.2, 0) is 20.1 Å². The Labute approximate surface area is 103 Å². The van der Waals surface area contributed by atoms with Crippen LogP contribution in [0.4, 0.5) is 0 Å². The van der Waals surface area contributed by atoms with E-state index in [-0.39, 0.29) is 0 Å². The smallest absolute Gasteiger partial charge is 0.122 e. The van der Waals surface area contributed by atoms with Crippen molar-refractivity contribution >= 4 is 15.9 Å². The highest BCUT2D eigenvalue weighted by Crippen LogP contribution is 2.07. The first-order chi connectivity index (χ1) is 7.75. The summed E-state index contributed by atoms with van der Waals surface area (Å²) in [6.45, 7) is 1.50. The van der Waals surface area contributed by atoms with Gasteiger partial charge in [-0.1, -0.05) is 0 Å². The monoisotopic (exact) mass is 280 g/mol. The minimum atomic E-state index is 0.750. The van der Waals surface area contributed by atoms with Gasteiger partial charge in [0.15, 0.2) is 0 Å². The molecule has 1 N–H and O–H groups in total. The van der Waals surface area contributed by atoms with Crippen molar-refractivity contribution < 1.29 is 0 Å². The Balaban J connectivity index is 1.84. The van der Waals surface area contributed by atoms with Crippen LogP contribution in [0.2, 0.25) is 0 Å². The minimum absolute atomic E-state index is 0.750. The fourth-order valence-corrected chi connectivity index (χ4v) is 1.61. The largest absolute Gasteiger partial charge is 0.337 e.